The van der Waals surface area contributed by atoms with E-state index >= 15 is 0 Å². The standard InChI is InChI=1S/C16H16O4/c1-3-15(17)19-13-9-5-8-12-11(13)7-6-10-14(12)20-16(18)4-2/h3-5,8-9,14H,1-2,6-7,10H2. The molecule has 104 valence electrons. The van der Waals surface area contributed by atoms with Gasteiger partial charge in [-0.25, -0.2) is 9.59 Å². The predicted octanol–water partition coefficient (Wildman–Crippen LogP) is 2.88. The van der Waals surface area contributed by atoms with Crippen LogP contribution in [0.15, 0.2) is 43.5 Å². The third-order valence-corrected chi connectivity index (χ3v) is 3.21. The van der Waals surface area contributed by atoms with Gasteiger partial charge in [-0.3, -0.25) is 0 Å². The van der Waals surface area contributed by atoms with Crippen LogP contribution >= 0.6 is 0 Å². The number of rotatable bonds is 4. The number of benzene rings is 1. The molecule has 0 amide bonds. The van der Waals surface area contributed by atoms with Crippen LogP contribution < -0.4 is 4.74 Å². The van der Waals surface area contributed by atoms with Crippen molar-refractivity contribution in [1.82, 2.24) is 0 Å². The molecule has 0 fully saturated rings. The molecule has 1 aliphatic rings. The van der Waals surface area contributed by atoms with Gasteiger partial charge < -0.3 is 9.47 Å². The Balaban J connectivity index is 2.30. The molecule has 1 aliphatic carbocycles. The summed E-state index contributed by atoms with van der Waals surface area (Å²) in [6, 6.07) is 5.41. The SMILES string of the molecule is C=CC(=O)Oc1cccc2c1CCCC2OC(=O)C=C. The van der Waals surface area contributed by atoms with E-state index in [1.54, 1.807) is 12.1 Å². The highest BCUT2D eigenvalue weighted by molar-refractivity contribution is 5.83. The maximum Gasteiger partial charge on any atom is 0.335 e. The Labute approximate surface area is 117 Å². The maximum atomic E-state index is 11.4. The Morgan fingerprint density at radius 2 is 1.95 bits per heavy atom. The minimum Gasteiger partial charge on any atom is -0.454 e. The van der Waals surface area contributed by atoms with E-state index in [0.717, 1.165) is 42.5 Å². The molecule has 0 radical (unpaired) electrons. The summed E-state index contributed by atoms with van der Waals surface area (Å²) in [4.78, 5) is 22.7. The van der Waals surface area contributed by atoms with Crippen LogP contribution in [0.3, 0.4) is 0 Å². The molecule has 1 aromatic rings. The van der Waals surface area contributed by atoms with E-state index < -0.39 is 11.9 Å². The molecule has 0 spiro atoms. The topological polar surface area (TPSA) is 52.6 Å². The zero-order valence-electron chi connectivity index (χ0n) is 11.1. The lowest BCUT2D eigenvalue weighted by molar-refractivity contribution is -0.144. The fraction of sp³-hybridized carbons (Fsp3) is 0.250. The lowest BCUT2D eigenvalue weighted by atomic mass is 9.88. The van der Waals surface area contributed by atoms with Crippen molar-refractivity contribution in [3.8, 4) is 5.75 Å². The normalized spacial score (nSPS) is 16.7. The van der Waals surface area contributed by atoms with Crippen LogP contribution in [0.1, 0.15) is 30.1 Å². The van der Waals surface area contributed by atoms with Gasteiger partial charge in [-0.2, -0.15) is 0 Å². The number of fused-ring (bicyclic) bond motifs is 1. The van der Waals surface area contributed by atoms with Crippen LogP contribution in [0, 0.1) is 0 Å². The molecule has 0 aliphatic heterocycles. The second-order valence-corrected chi connectivity index (χ2v) is 4.47. The molecule has 0 saturated carbocycles. The molecule has 4 nitrogen and oxygen atoms in total. The molecular formula is C16H16O4. The van der Waals surface area contributed by atoms with E-state index in [-0.39, 0.29) is 6.10 Å². The number of esters is 2. The first kappa shape index (κ1) is 14.1. The second kappa shape index (κ2) is 6.19. The highest BCUT2D eigenvalue weighted by Gasteiger charge is 2.25. The minimum absolute atomic E-state index is 0.313. The number of carbonyl (C=O) groups is 2. The van der Waals surface area contributed by atoms with Crippen molar-refractivity contribution < 1.29 is 19.1 Å². The van der Waals surface area contributed by atoms with Gasteiger partial charge in [0.05, 0.1) is 0 Å². The van der Waals surface area contributed by atoms with Gasteiger partial charge in [-0.05, 0) is 30.9 Å². The van der Waals surface area contributed by atoms with Gasteiger partial charge in [0.15, 0.2) is 0 Å². The Hall–Kier alpha value is -2.36. The highest BCUT2D eigenvalue weighted by Crippen LogP contribution is 2.37. The average molecular weight is 272 g/mol. The summed E-state index contributed by atoms with van der Waals surface area (Å²) in [5.74, 6) is -0.438. The van der Waals surface area contributed by atoms with E-state index in [1.807, 2.05) is 6.07 Å². The van der Waals surface area contributed by atoms with Crippen LogP contribution in [0.5, 0.6) is 5.75 Å². The average Bonchev–Trinajstić information content (AvgIpc) is 2.47. The zero-order chi connectivity index (χ0) is 14.5. The van der Waals surface area contributed by atoms with Crippen LogP contribution in [-0.2, 0) is 20.7 Å². The van der Waals surface area contributed by atoms with Crippen LogP contribution in [0.25, 0.3) is 0 Å². The quantitative estimate of drug-likeness (QED) is 0.480. The minimum atomic E-state index is -0.497. The highest BCUT2D eigenvalue weighted by atomic mass is 16.5. The number of hydrogen-bond acceptors (Lipinski definition) is 4. The van der Waals surface area contributed by atoms with Gasteiger partial charge >= 0.3 is 11.9 Å². The van der Waals surface area contributed by atoms with Crippen molar-refractivity contribution in [2.45, 2.75) is 25.4 Å². The van der Waals surface area contributed by atoms with Gasteiger partial charge in [0, 0.05) is 17.7 Å². The first-order chi connectivity index (χ1) is 9.65. The third-order valence-electron chi connectivity index (χ3n) is 3.21. The molecule has 2 rings (SSSR count). The van der Waals surface area contributed by atoms with E-state index in [1.165, 1.54) is 0 Å². The molecule has 20 heavy (non-hydrogen) atoms. The summed E-state index contributed by atoms with van der Waals surface area (Å²) in [6.45, 7) is 6.77. The van der Waals surface area contributed by atoms with Crippen molar-refractivity contribution in [1.29, 1.82) is 0 Å². The summed E-state index contributed by atoms with van der Waals surface area (Å²) in [6.07, 6.45) is 4.37. The molecular weight excluding hydrogens is 256 g/mol. The summed E-state index contributed by atoms with van der Waals surface area (Å²) in [5.41, 5.74) is 1.80. The largest absolute Gasteiger partial charge is 0.454 e. The van der Waals surface area contributed by atoms with Gasteiger partial charge in [-0.15, -0.1) is 0 Å². The van der Waals surface area contributed by atoms with Crippen molar-refractivity contribution in [3.05, 3.63) is 54.6 Å². The summed E-state index contributed by atoms with van der Waals surface area (Å²) in [7, 11) is 0. The monoisotopic (exact) mass is 272 g/mol. The van der Waals surface area contributed by atoms with Crippen LogP contribution in [0.4, 0.5) is 0 Å². The maximum absolute atomic E-state index is 11.4. The first-order valence-electron chi connectivity index (χ1n) is 6.44. The Kier molecular flexibility index (Phi) is 4.35. The van der Waals surface area contributed by atoms with Crippen molar-refractivity contribution in [3.63, 3.8) is 0 Å². The van der Waals surface area contributed by atoms with E-state index in [2.05, 4.69) is 13.2 Å². The molecule has 0 heterocycles. The Morgan fingerprint density at radius 3 is 2.65 bits per heavy atom. The zero-order valence-corrected chi connectivity index (χ0v) is 11.1. The van der Waals surface area contributed by atoms with Gasteiger partial charge in [0.2, 0.25) is 0 Å². The molecule has 0 N–H and O–H groups in total. The van der Waals surface area contributed by atoms with Crippen molar-refractivity contribution >= 4 is 11.9 Å². The molecule has 1 atom stereocenters. The molecule has 4 heteroatoms. The summed E-state index contributed by atoms with van der Waals surface area (Å²) < 4.78 is 10.6. The van der Waals surface area contributed by atoms with E-state index in [4.69, 9.17) is 9.47 Å². The smallest absolute Gasteiger partial charge is 0.335 e. The lowest BCUT2D eigenvalue weighted by Gasteiger charge is -2.26. The summed E-state index contributed by atoms with van der Waals surface area (Å²) >= 11 is 0. The lowest BCUT2D eigenvalue weighted by Crippen LogP contribution is -2.17. The summed E-state index contributed by atoms with van der Waals surface area (Å²) in [5, 5.41) is 0. The molecule has 1 aromatic carbocycles. The molecule has 1 unspecified atom stereocenters. The van der Waals surface area contributed by atoms with Gasteiger partial charge in [-0.1, -0.05) is 25.3 Å². The van der Waals surface area contributed by atoms with Crippen molar-refractivity contribution in [2.24, 2.45) is 0 Å². The fourth-order valence-corrected chi connectivity index (χ4v) is 2.33. The predicted molar refractivity (Wildman–Crippen MR) is 74.2 cm³/mol. The van der Waals surface area contributed by atoms with E-state index in [9.17, 15) is 9.59 Å². The Morgan fingerprint density at radius 1 is 1.20 bits per heavy atom. The number of hydrogen-bond donors (Lipinski definition) is 0. The van der Waals surface area contributed by atoms with Gasteiger partial charge in [0.1, 0.15) is 11.9 Å². The third kappa shape index (κ3) is 2.96. The molecule has 0 aromatic heterocycles. The number of carbonyl (C=O) groups excluding carboxylic acids is 2. The van der Waals surface area contributed by atoms with Crippen LogP contribution in [0.2, 0.25) is 0 Å². The molecule has 0 bridgehead atoms. The van der Waals surface area contributed by atoms with Gasteiger partial charge in [0.25, 0.3) is 0 Å². The molecule has 0 saturated heterocycles. The second-order valence-electron chi connectivity index (χ2n) is 4.47. The fourth-order valence-electron chi connectivity index (χ4n) is 2.33. The number of ether oxygens (including phenoxy) is 2. The van der Waals surface area contributed by atoms with E-state index in [0.29, 0.717) is 5.75 Å². The van der Waals surface area contributed by atoms with Crippen LogP contribution in [-0.4, -0.2) is 11.9 Å². The first-order valence-corrected chi connectivity index (χ1v) is 6.44. The van der Waals surface area contributed by atoms with Crippen molar-refractivity contribution in [2.75, 3.05) is 0 Å². The Bertz CT molecular complexity index is 560.